The molecule has 0 saturated carbocycles. The molecule has 9 heteroatoms. The summed E-state index contributed by atoms with van der Waals surface area (Å²) in [5.74, 6) is -3.02. The van der Waals surface area contributed by atoms with Gasteiger partial charge in [0.25, 0.3) is 5.91 Å². The van der Waals surface area contributed by atoms with E-state index in [9.17, 15) is 19.5 Å². The highest BCUT2D eigenvalue weighted by Crippen LogP contribution is 2.57. The van der Waals surface area contributed by atoms with Crippen molar-refractivity contribution < 1.29 is 29.0 Å². The summed E-state index contributed by atoms with van der Waals surface area (Å²) < 4.78 is 12.3. The lowest BCUT2D eigenvalue weighted by Gasteiger charge is -2.37. The van der Waals surface area contributed by atoms with Gasteiger partial charge in [-0.15, -0.1) is 0 Å². The largest absolute Gasteiger partial charge is 0.465 e. The average Bonchev–Trinajstić information content (AvgIpc) is 3.18. The van der Waals surface area contributed by atoms with Gasteiger partial charge in [0.1, 0.15) is 17.6 Å². The fourth-order valence-corrected chi connectivity index (χ4v) is 6.40. The summed E-state index contributed by atoms with van der Waals surface area (Å²) in [5.41, 5.74) is -1.96. The number of aliphatic hydroxyl groups is 1. The number of amides is 2. The van der Waals surface area contributed by atoms with Crippen LogP contribution in [-0.4, -0.2) is 71.3 Å². The Morgan fingerprint density at radius 2 is 1.89 bits per heavy atom. The predicted octanol–water partition coefficient (Wildman–Crippen LogP) is 2.88. The number of hydrogen-bond acceptors (Lipinski definition) is 6. The Bertz CT molecular complexity index is 1120. The minimum atomic E-state index is -1.36. The van der Waals surface area contributed by atoms with Crippen LogP contribution in [0.1, 0.15) is 32.6 Å². The summed E-state index contributed by atoms with van der Waals surface area (Å²) in [6.45, 7) is 2.33. The molecule has 0 aromatic heterocycles. The van der Waals surface area contributed by atoms with Crippen LogP contribution in [0.4, 0.5) is 5.69 Å². The molecular weight excluding hydrogens is 484 g/mol. The highest BCUT2D eigenvalue weighted by Gasteiger charge is 2.74. The molecule has 36 heavy (non-hydrogen) atoms. The molecule has 2 saturated heterocycles. The van der Waals surface area contributed by atoms with Crippen LogP contribution < -0.4 is 4.90 Å². The molecule has 2 fully saturated rings. The smallest absolute Gasteiger partial charge is 0.313 e. The normalized spacial score (nSPS) is 35.1. The summed E-state index contributed by atoms with van der Waals surface area (Å²) in [6, 6.07) is 6.03. The molecule has 4 aliphatic rings. The van der Waals surface area contributed by atoms with Gasteiger partial charge in [0, 0.05) is 19.7 Å². The van der Waals surface area contributed by atoms with Crippen LogP contribution >= 0.6 is 11.6 Å². The van der Waals surface area contributed by atoms with E-state index in [1.54, 1.807) is 42.2 Å². The average molecular weight is 515 g/mol. The lowest BCUT2D eigenvalue weighted by atomic mass is 9.74. The van der Waals surface area contributed by atoms with Gasteiger partial charge in [-0.25, -0.2) is 0 Å². The van der Waals surface area contributed by atoms with Crippen molar-refractivity contribution >= 4 is 35.1 Å². The number of fused-ring (bicyclic) bond motifs is 2. The van der Waals surface area contributed by atoms with Gasteiger partial charge in [-0.1, -0.05) is 48.0 Å². The summed E-state index contributed by atoms with van der Waals surface area (Å²) in [5, 5.41) is 9.93. The Morgan fingerprint density at radius 3 is 2.67 bits per heavy atom. The third-order valence-corrected chi connectivity index (χ3v) is 8.02. The topological polar surface area (TPSA) is 96.4 Å². The fraction of sp³-hybridized carbons (Fsp3) is 0.519. The number of hydrogen-bond donors (Lipinski definition) is 1. The van der Waals surface area contributed by atoms with Crippen LogP contribution in [-0.2, 0) is 23.9 Å². The van der Waals surface area contributed by atoms with E-state index >= 15 is 0 Å². The van der Waals surface area contributed by atoms with Crippen molar-refractivity contribution in [1.29, 1.82) is 0 Å². The molecule has 0 bridgehead atoms. The van der Waals surface area contributed by atoms with Gasteiger partial charge >= 0.3 is 5.97 Å². The van der Waals surface area contributed by atoms with E-state index in [4.69, 9.17) is 21.1 Å². The molecule has 5 rings (SSSR count). The highest BCUT2D eigenvalue weighted by atomic mass is 35.5. The van der Waals surface area contributed by atoms with Crippen molar-refractivity contribution in [3.8, 4) is 0 Å². The maximum atomic E-state index is 14.2. The number of rotatable bonds is 4. The number of halogens is 1. The van der Waals surface area contributed by atoms with Crippen molar-refractivity contribution in [2.24, 2.45) is 11.8 Å². The minimum Gasteiger partial charge on any atom is -0.465 e. The van der Waals surface area contributed by atoms with Crippen LogP contribution in [0.25, 0.3) is 0 Å². The first-order valence-electron chi connectivity index (χ1n) is 12.5. The van der Waals surface area contributed by atoms with Crippen LogP contribution in [0.3, 0.4) is 0 Å². The van der Waals surface area contributed by atoms with E-state index in [0.29, 0.717) is 17.1 Å². The lowest BCUT2D eigenvalue weighted by molar-refractivity contribution is -0.158. The van der Waals surface area contributed by atoms with Gasteiger partial charge in [-0.3, -0.25) is 14.4 Å². The molecule has 4 heterocycles. The van der Waals surface area contributed by atoms with Crippen molar-refractivity contribution in [3.05, 3.63) is 53.6 Å². The number of cyclic esters (lactones) is 1. The summed E-state index contributed by atoms with van der Waals surface area (Å²) >= 11 is 6.45. The number of para-hydroxylation sites is 1. The quantitative estimate of drug-likeness (QED) is 0.490. The Labute approximate surface area is 215 Å². The number of carbonyl (C=O) groups excluding carboxylic acids is 3. The van der Waals surface area contributed by atoms with Crippen LogP contribution in [0.2, 0.25) is 5.02 Å². The third kappa shape index (κ3) is 3.86. The second kappa shape index (κ2) is 9.65. The number of benzene rings is 1. The second-order valence-electron chi connectivity index (χ2n) is 9.97. The zero-order valence-electron chi connectivity index (χ0n) is 20.3. The van der Waals surface area contributed by atoms with Crippen LogP contribution in [0.5, 0.6) is 0 Å². The first-order chi connectivity index (χ1) is 17.3. The summed E-state index contributed by atoms with van der Waals surface area (Å²) in [4.78, 5) is 44.7. The van der Waals surface area contributed by atoms with Crippen LogP contribution in [0.15, 0.2) is 48.6 Å². The van der Waals surface area contributed by atoms with Gasteiger partial charge in [0.15, 0.2) is 0 Å². The molecule has 192 valence electrons. The van der Waals surface area contributed by atoms with Gasteiger partial charge < -0.3 is 24.4 Å². The zero-order valence-corrected chi connectivity index (χ0v) is 21.0. The number of carbonyl (C=O) groups is 3. The minimum absolute atomic E-state index is 0.140. The van der Waals surface area contributed by atoms with Gasteiger partial charge in [0.2, 0.25) is 5.91 Å². The van der Waals surface area contributed by atoms with E-state index in [0.717, 1.165) is 19.3 Å². The Hall–Kier alpha value is -2.68. The van der Waals surface area contributed by atoms with Crippen molar-refractivity contribution in [2.45, 2.75) is 49.9 Å². The van der Waals surface area contributed by atoms with Gasteiger partial charge in [-0.2, -0.15) is 0 Å². The number of ether oxygens (including phenoxy) is 2. The maximum Gasteiger partial charge on any atom is 0.313 e. The number of aliphatic hydroxyl groups excluding tert-OH is 1. The first kappa shape index (κ1) is 25.0. The molecule has 1 aromatic rings. The molecule has 8 nitrogen and oxygen atoms in total. The molecule has 0 radical (unpaired) electrons. The van der Waals surface area contributed by atoms with Crippen molar-refractivity contribution in [2.75, 3.05) is 31.2 Å². The maximum absolute atomic E-state index is 14.2. The standard InChI is InChI=1S/C27H31ClN2O6/c1-26-12-6-2-3-7-17-35-25(34)21(26)20-23(32)30(15-9-16-31)22-24(33)29(14-8-13-27(20,22)36-26)19-11-5-4-10-18(19)28/h4-6,8,10-13,20-22,31H,2-3,7,9,14-17H2,1H3/b12-6-/t20-,21-,22?,26+,27-/m0/s1. The lowest BCUT2D eigenvalue weighted by Crippen LogP contribution is -2.56. The molecule has 0 aliphatic carbocycles. The molecule has 2 amide bonds. The fourth-order valence-electron chi connectivity index (χ4n) is 6.17. The van der Waals surface area contributed by atoms with Gasteiger partial charge in [-0.05, 0) is 44.7 Å². The third-order valence-electron chi connectivity index (χ3n) is 7.70. The van der Waals surface area contributed by atoms with Crippen molar-refractivity contribution in [3.63, 3.8) is 0 Å². The Balaban J connectivity index is 1.64. The molecular formula is C27H31ClN2O6. The molecule has 1 aromatic carbocycles. The van der Waals surface area contributed by atoms with E-state index in [1.165, 1.54) is 4.90 Å². The number of allylic oxidation sites excluding steroid dienone is 1. The Morgan fingerprint density at radius 1 is 1.08 bits per heavy atom. The summed E-state index contributed by atoms with van der Waals surface area (Å²) in [7, 11) is 0. The first-order valence-corrected chi connectivity index (χ1v) is 12.9. The summed E-state index contributed by atoms with van der Waals surface area (Å²) in [6.07, 6.45) is 10.1. The van der Waals surface area contributed by atoms with Gasteiger partial charge in [0.05, 0.1) is 28.8 Å². The molecule has 4 aliphatic heterocycles. The van der Waals surface area contributed by atoms with E-state index < -0.39 is 35.0 Å². The SMILES string of the molecule is C[C@@]12/C=C\CCCCOC(=O)[C@@H]1[C@H]1C(=O)N(CCCO)C3C(=O)N(c4ccccc4Cl)CC=C[C@@]31O2. The van der Waals surface area contributed by atoms with E-state index in [2.05, 4.69) is 0 Å². The monoisotopic (exact) mass is 514 g/mol. The van der Waals surface area contributed by atoms with Crippen molar-refractivity contribution in [1.82, 2.24) is 4.90 Å². The second-order valence-corrected chi connectivity index (χ2v) is 10.4. The predicted molar refractivity (Wildman–Crippen MR) is 133 cm³/mol. The van der Waals surface area contributed by atoms with Crippen LogP contribution in [0, 0.1) is 11.8 Å². The molecule has 1 unspecified atom stereocenters. The Kier molecular flexibility index (Phi) is 6.70. The highest BCUT2D eigenvalue weighted by molar-refractivity contribution is 6.34. The number of likely N-dealkylation sites (tertiary alicyclic amines) is 1. The molecule has 1 N–H and O–H groups in total. The zero-order chi connectivity index (χ0) is 25.5. The van der Waals surface area contributed by atoms with E-state index in [1.807, 2.05) is 18.2 Å². The number of nitrogens with zero attached hydrogens (tertiary/aromatic N) is 2. The molecule has 5 atom stereocenters. The number of anilines is 1. The number of esters is 1. The molecule has 1 spiro atoms. The van der Waals surface area contributed by atoms with E-state index in [-0.39, 0.29) is 38.1 Å².